The zero-order valence-corrected chi connectivity index (χ0v) is 16.0. The highest BCUT2D eigenvalue weighted by molar-refractivity contribution is 7.17. The summed E-state index contributed by atoms with van der Waals surface area (Å²) in [6, 6.07) is 6.09. The number of rotatable bonds is 6. The molecule has 0 saturated heterocycles. The van der Waals surface area contributed by atoms with Gasteiger partial charge in [-0.1, -0.05) is 0 Å². The number of nitrogens with one attached hydrogen (secondary N) is 2. The first-order valence-corrected chi connectivity index (χ1v) is 9.45. The maximum absolute atomic E-state index is 12.1. The summed E-state index contributed by atoms with van der Waals surface area (Å²) in [6.07, 6.45) is 2.59. The molecule has 28 heavy (non-hydrogen) atoms. The van der Waals surface area contributed by atoms with Gasteiger partial charge in [0.1, 0.15) is 5.00 Å². The number of aryl methyl sites for hydroxylation is 1. The van der Waals surface area contributed by atoms with Crippen LogP contribution in [0.5, 0.6) is 0 Å². The molecular weight excluding hydrogens is 382 g/mol. The average molecular weight is 401 g/mol. The van der Waals surface area contributed by atoms with Crippen LogP contribution in [0.3, 0.4) is 0 Å². The van der Waals surface area contributed by atoms with Crippen molar-refractivity contribution < 1.29 is 23.9 Å². The van der Waals surface area contributed by atoms with Gasteiger partial charge in [-0.15, -0.1) is 11.3 Å². The summed E-state index contributed by atoms with van der Waals surface area (Å²) < 4.78 is 5.01. The second-order valence-electron chi connectivity index (χ2n) is 6.31. The molecule has 146 valence electrons. The SMILES string of the molecule is CC(=O)Nc1ccc(C(=O)OCC(=O)Nc2sc3c(c2C(N)=O)CCC3)cc1. The Morgan fingerprint density at radius 3 is 2.46 bits per heavy atom. The molecule has 8 nitrogen and oxygen atoms in total. The fraction of sp³-hybridized carbons (Fsp3) is 0.263. The molecule has 1 aromatic carbocycles. The number of fused-ring (bicyclic) bond motifs is 1. The number of carbonyl (C=O) groups excluding carboxylic acids is 4. The van der Waals surface area contributed by atoms with Crippen LogP contribution in [0.25, 0.3) is 0 Å². The number of anilines is 2. The third-order valence-corrected chi connectivity index (χ3v) is 5.40. The Labute approximate surface area is 165 Å². The molecule has 1 aromatic heterocycles. The molecule has 0 saturated carbocycles. The lowest BCUT2D eigenvalue weighted by molar-refractivity contribution is -0.119. The van der Waals surface area contributed by atoms with Crippen molar-refractivity contribution in [2.75, 3.05) is 17.2 Å². The molecule has 2 aromatic rings. The minimum Gasteiger partial charge on any atom is -0.452 e. The van der Waals surface area contributed by atoms with Crippen molar-refractivity contribution in [1.29, 1.82) is 0 Å². The number of amides is 3. The van der Waals surface area contributed by atoms with Gasteiger partial charge in [-0.3, -0.25) is 14.4 Å². The monoisotopic (exact) mass is 401 g/mol. The summed E-state index contributed by atoms with van der Waals surface area (Å²) in [7, 11) is 0. The number of hydrogen-bond acceptors (Lipinski definition) is 6. The van der Waals surface area contributed by atoms with Crippen molar-refractivity contribution in [1.82, 2.24) is 0 Å². The van der Waals surface area contributed by atoms with E-state index in [4.69, 9.17) is 10.5 Å². The van der Waals surface area contributed by atoms with E-state index in [-0.39, 0.29) is 11.5 Å². The first-order chi connectivity index (χ1) is 13.3. The lowest BCUT2D eigenvalue weighted by atomic mass is 10.1. The Morgan fingerprint density at radius 2 is 1.82 bits per heavy atom. The van der Waals surface area contributed by atoms with E-state index in [1.807, 2.05) is 0 Å². The molecule has 4 N–H and O–H groups in total. The van der Waals surface area contributed by atoms with Gasteiger partial charge >= 0.3 is 5.97 Å². The van der Waals surface area contributed by atoms with Gasteiger partial charge in [0.25, 0.3) is 11.8 Å². The summed E-state index contributed by atoms with van der Waals surface area (Å²) in [5, 5.41) is 5.60. The largest absolute Gasteiger partial charge is 0.452 e. The molecule has 0 aliphatic heterocycles. The van der Waals surface area contributed by atoms with Crippen molar-refractivity contribution in [2.45, 2.75) is 26.2 Å². The number of benzene rings is 1. The maximum Gasteiger partial charge on any atom is 0.338 e. The van der Waals surface area contributed by atoms with E-state index in [2.05, 4.69) is 10.6 Å². The van der Waals surface area contributed by atoms with E-state index in [0.717, 1.165) is 29.7 Å². The quantitative estimate of drug-likeness (QED) is 0.639. The topological polar surface area (TPSA) is 128 Å². The Kier molecular flexibility index (Phi) is 5.74. The molecule has 0 fully saturated rings. The number of primary amides is 1. The van der Waals surface area contributed by atoms with Gasteiger partial charge < -0.3 is 21.1 Å². The van der Waals surface area contributed by atoms with Crippen LogP contribution in [0, 0.1) is 0 Å². The summed E-state index contributed by atoms with van der Waals surface area (Å²) >= 11 is 1.33. The average Bonchev–Trinajstić information content (AvgIpc) is 3.20. The Bertz CT molecular complexity index is 949. The standard InChI is InChI=1S/C19H19N3O5S/c1-10(23)21-12-7-5-11(6-8-12)19(26)27-9-15(24)22-18-16(17(20)25)13-3-2-4-14(13)28-18/h5-8H,2-4,9H2,1H3,(H2,20,25)(H,21,23)(H,22,24). The Hall–Kier alpha value is -3.20. The predicted octanol–water partition coefficient (Wildman–Crippen LogP) is 2.09. The van der Waals surface area contributed by atoms with Gasteiger partial charge in [-0.2, -0.15) is 0 Å². The van der Waals surface area contributed by atoms with Crippen molar-refractivity contribution in [3.63, 3.8) is 0 Å². The lowest BCUT2D eigenvalue weighted by Gasteiger charge is -2.08. The van der Waals surface area contributed by atoms with E-state index in [1.54, 1.807) is 12.1 Å². The minimum atomic E-state index is -0.673. The molecule has 0 radical (unpaired) electrons. The Morgan fingerprint density at radius 1 is 1.11 bits per heavy atom. The highest BCUT2D eigenvalue weighted by Gasteiger charge is 2.26. The number of ether oxygens (including phenoxy) is 1. The number of thiophene rings is 1. The smallest absolute Gasteiger partial charge is 0.338 e. The van der Waals surface area contributed by atoms with E-state index in [1.165, 1.54) is 30.4 Å². The third-order valence-electron chi connectivity index (χ3n) is 4.20. The molecular formula is C19H19N3O5S. The first-order valence-electron chi connectivity index (χ1n) is 8.64. The van der Waals surface area contributed by atoms with Crippen molar-refractivity contribution in [2.24, 2.45) is 5.73 Å². The normalized spacial score (nSPS) is 12.2. The van der Waals surface area contributed by atoms with Crippen LogP contribution >= 0.6 is 11.3 Å². The number of hydrogen-bond donors (Lipinski definition) is 3. The van der Waals surface area contributed by atoms with Gasteiger partial charge in [-0.25, -0.2) is 4.79 Å². The number of nitrogens with two attached hydrogens (primary N) is 1. The van der Waals surface area contributed by atoms with Crippen molar-refractivity contribution >= 4 is 45.7 Å². The summed E-state index contributed by atoms with van der Waals surface area (Å²) in [6.45, 7) is 0.889. The highest BCUT2D eigenvalue weighted by Crippen LogP contribution is 2.38. The van der Waals surface area contributed by atoms with Crippen LogP contribution in [0.2, 0.25) is 0 Å². The molecule has 3 amide bonds. The molecule has 0 spiro atoms. The predicted molar refractivity (Wildman–Crippen MR) is 105 cm³/mol. The van der Waals surface area contributed by atoms with Crippen molar-refractivity contribution in [3.05, 3.63) is 45.8 Å². The van der Waals surface area contributed by atoms with Gasteiger partial charge in [0, 0.05) is 17.5 Å². The zero-order chi connectivity index (χ0) is 20.3. The fourth-order valence-electron chi connectivity index (χ4n) is 3.02. The van der Waals surface area contributed by atoms with Crippen LogP contribution < -0.4 is 16.4 Å². The van der Waals surface area contributed by atoms with Crippen LogP contribution in [0.4, 0.5) is 10.7 Å². The summed E-state index contributed by atoms with van der Waals surface area (Å²) in [5.41, 5.74) is 7.51. The van der Waals surface area contributed by atoms with Gasteiger partial charge in [0.05, 0.1) is 11.1 Å². The van der Waals surface area contributed by atoms with E-state index < -0.39 is 24.4 Å². The number of carbonyl (C=O) groups is 4. The molecule has 3 rings (SSSR count). The zero-order valence-electron chi connectivity index (χ0n) is 15.2. The van der Waals surface area contributed by atoms with Gasteiger partial charge in [0.2, 0.25) is 5.91 Å². The van der Waals surface area contributed by atoms with Crippen LogP contribution in [-0.4, -0.2) is 30.3 Å². The second kappa shape index (κ2) is 8.22. The molecule has 9 heteroatoms. The molecule has 1 aliphatic carbocycles. The van der Waals surface area contributed by atoms with E-state index in [0.29, 0.717) is 16.3 Å². The number of esters is 1. The van der Waals surface area contributed by atoms with Crippen LogP contribution in [-0.2, 0) is 27.2 Å². The molecule has 1 heterocycles. The first kappa shape index (κ1) is 19.6. The van der Waals surface area contributed by atoms with E-state index >= 15 is 0 Å². The molecule has 0 bridgehead atoms. The maximum atomic E-state index is 12.1. The lowest BCUT2D eigenvalue weighted by Crippen LogP contribution is -2.22. The molecule has 0 unspecified atom stereocenters. The summed E-state index contributed by atoms with van der Waals surface area (Å²) in [5.74, 6) is -2.02. The molecule has 0 atom stereocenters. The minimum absolute atomic E-state index is 0.220. The van der Waals surface area contributed by atoms with E-state index in [9.17, 15) is 19.2 Å². The summed E-state index contributed by atoms with van der Waals surface area (Å²) in [4.78, 5) is 48.0. The van der Waals surface area contributed by atoms with Gasteiger partial charge in [-0.05, 0) is 49.1 Å². The van der Waals surface area contributed by atoms with Gasteiger partial charge in [0.15, 0.2) is 6.61 Å². The molecule has 1 aliphatic rings. The highest BCUT2D eigenvalue weighted by atomic mass is 32.1. The third kappa shape index (κ3) is 4.37. The Balaban J connectivity index is 1.58. The second-order valence-corrected chi connectivity index (χ2v) is 7.41. The van der Waals surface area contributed by atoms with Crippen molar-refractivity contribution in [3.8, 4) is 0 Å². The van der Waals surface area contributed by atoms with Crippen LogP contribution in [0.1, 0.15) is 44.5 Å². The van der Waals surface area contributed by atoms with Crippen LogP contribution in [0.15, 0.2) is 24.3 Å². The fourth-order valence-corrected chi connectivity index (χ4v) is 4.33.